The highest BCUT2D eigenvalue weighted by molar-refractivity contribution is 9.10. The van der Waals surface area contributed by atoms with Crippen molar-refractivity contribution in [1.82, 2.24) is 5.32 Å². The van der Waals surface area contributed by atoms with Crippen molar-refractivity contribution in [2.24, 2.45) is 0 Å². The van der Waals surface area contributed by atoms with E-state index in [0.717, 1.165) is 22.0 Å². The summed E-state index contributed by atoms with van der Waals surface area (Å²) in [5.41, 5.74) is 2.05. The first-order valence-electron chi connectivity index (χ1n) is 6.68. The van der Waals surface area contributed by atoms with Gasteiger partial charge in [0.2, 0.25) is 0 Å². The van der Waals surface area contributed by atoms with Gasteiger partial charge in [0, 0.05) is 10.5 Å². The SMILES string of the molecule is CCOC(=O)C(NC(C)CC)c1ccc(Br)c(C)c1. The first kappa shape index (κ1) is 16.2. The summed E-state index contributed by atoms with van der Waals surface area (Å²) in [6.45, 7) is 8.39. The third-order valence-electron chi connectivity index (χ3n) is 3.10. The quantitative estimate of drug-likeness (QED) is 0.808. The van der Waals surface area contributed by atoms with Crippen molar-refractivity contribution >= 4 is 21.9 Å². The van der Waals surface area contributed by atoms with Crippen molar-refractivity contribution < 1.29 is 9.53 Å². The molecule has 0 saturated heterocycles. The second-order valence-corrected chi connectivity index (χ2v) is 5.52. The van der Waals surface area contributed by atoms with E-state index in [2.05, 4.69) is 35.1 Å². The number of rotatable bonds is 6. The van der Waals surface area contributed by atoms with E-state index in [1.165, 1.54) is 0 Å². The van der Waals surface area contributed by atoms with Crippen molar-refractivity contribution in [3.8, 4) is 0 Å². The molecule has 1 rings (SSSR count). The molecule has 1 aromatic carbocycles. The van der Waals surface area contributed by atoms with E-state index in [9.17, 15) is 4.79 Å². The summed E-state index contributed by atoms with van der Waals surface area (Å²) in [5, 5.41) is 3.32. The van der Waals surface area contributed by atoms with E-state index in [1.807, 2.05) is 32.0 Å². The van der Waals surface area contributed by atoms with Crippen LogP contribution in [0.4, 0.5) is 0 Å². The first-order chi connectivity index (χ1) is 8.99. The summed E-state index contributed by atoms with van der Waals surface area (Å²) in [7, 11) is 0. The van der Waals surface area contributed by atoms with Crippen LogP contribution < -0.4 is 5.32 Å². The highest BCUT2D eigenvalue weighted by Gasteiger charge is 2.23. The summed E-state index contributed by atoms with van der Waals surface area (Å²) in [6.07, 6.45) is 0.964. The highest BCUT2D eigenvalue weighted by Crippen LogP contribution is 2.23. The maximum atomic E-state index is 12.1. The van der Waals surface area contributed by atoms with Crippen LogP contribution in [-0.2, 0) is 9.53 Å². The van der Waals surface area contributed by atoms with Gasteiger partial charge in [0.05, 0.1) is 6.61 Å². The van der Waals surface area contributed by atoms with E-state index in [4.69, 9.17) is 4.74 Å². The number of benzene rings is 1. The van der Waals surface area contributed by atoms with Gasteiger partial charge in [-0.2, -0.15) is 0 Å². The molecule has 0 spiro atoms. The molecule has 4 heteroatoms. The molecule has 0 aromatic heterocycles. The van der Waals surface area contributed by atoms with Crippen molar-refractivity contribution in [2.75, 3.05) is 6.61 Å². The zero-order valence-corrected chi connectivity index (χ0v) is 13.6. The van der Waals surface area contributed by atoms with Crippen LogP contribution in [0.3, 0.4) is 0 Å². The van der Waals surface area contributed by atoms with Crippen molar-refractivity contribution in [1.29, 1.82) is 0 Å². The zero-order chi connectivity index (χ0) is 14.4. The van der Waals surface area contributed by atoms with Gasteiger partial charge < -0.3 is 4.74 Å². The maximum absolute atomic E-state index is 12.1. The molecular weight excluding hydrogens is 306 g/mol. The Morgan fingerprint density at radius 1 is 1.42 bits per heavy atom. The molecular formula is C15H22BrNO2. The number of carbonyl (C=O) groups is 1. The molecule has 19 heavy (non-hydrogen) atoms. The van der Waals surface area contributed by atoms with Gasteiger partial charge in [0.25, 0.3) is 0 Å². The molecule has 2 unspecified atom stereocenters. The Balaban J connectivity index is 3.00. The van der Waals surface area contributed by atoms with Crippen LogP contribution in [0.2, 0.25) is 0 Å². The summed E-state index contributed by atoms with van der Waals surface area (Å²) in [4.78, 5) is 12.1. The molecule has 0 aliphatic rings. The Morgan fingerprint density at radius 2 is 2.11 bits per heavy atom. The van der Waals surface area contributed by atoms with Crippen LogP contribution in [0.5, 0.6) is 0 Å². The minimum atomic E-state index is -0.401. The number of ether oxygens (including phenoxy) is 1. The number of esters is 1. The Morgan fingerprint density at radius 3 is 2.63 bits per heavy atom. The van der Waals surface area contributed by atoms with Crippen LogP contribution in [0.1, 0.15) is 44.4 Å². The van der Waals surface area contributed by atoms with E-state index in [-0.39, 0.29) is 12.0 Å². The van der Waals surface area contributed by atoms with Gasteiger partial charge >= 0.3 is 5.97 Å². The van der Waals surface area contributed by atoms with Crippen molar-refractivity contribution in [3.63, 3.8) is 0 Å². The molecule has 0 heterocycles. The standard InChI is InChI=1S/C15H22BrNO2/c1-5-11(4)17-14(15(18)19-6-2)12-7-8-13(16)10(3)9-12/h7-9,11,14,17H,5-6H2,1-4H3. The lowest BCUT2D eigenvalue weighted by molar-refractivity contribution is -0.146. The lowest BCUT2D eigenvalue weighted by Gasteiger charge is -2.22. The molecule has 0 bridgehead atoms. The van der Waals surface area contributed by atoms with Crippen LogP contribution in [-0.4, -0.2) is 18.6 Å². The minimum Gasteiger partial charge on any atom is -0.465 e. The molecule has 0 radical (unpaired) electrons. The predicted octanol–water partition coefficient (Wildman–Crippen LogP) is 3.75. The summed E-state index contributed by atoms with van der Waals surface area (Å²) in [6, 6.07) is 5.80. The zero-order valence-electron chi connectivity index (χ0n) is 12.0. The second kappa shape index (κ2) is 7.65. The van der Waals surface area contributed by atoms with E-state index < -0.39 is 6.04 Å². The van der Waals surface area contributed by atoms with Gasteiger partial charge in [0.1, 0.15) is 6.04 Å². The van der Waals surface area contributed by atoms with Gasteiger partial charge in [-0.1, -0.05) is 35.0 Å². The Bertz CT molecular complexity index is 434. The lowest BCUT2D eigenvalue weighted by atomic mass is 10.0. The molecule has 0 fully saturated rings. The van der Waals surface area contributed by atoms with E-state index in [1.54, 1.807) is 0 Å². The van der Waals surface area contributed by atoms with Crippen molar-refractivity contribution in [3.05, 3.63) is 33.8 Å². The first-order valence-corrected chi connectivity index (χ1v) is 7.47. The van der Waals surface area contributed by atoms with Crippen LogP contribution >= 0.6 is 15.9 Å². The third kappa shape index (κ3) is 4.62. The van der Waals surface area contributed by atoms with Crippen LogP contribution in [0.15, 0.2) is 22.7 Å². The molecule has 0 amide bonds. The fraction of sp³-hybridized carbons (Fsp3) is 0.533. The molecule has 0 saturated carbocycles. The van der Waals surface area contributed by atoms with E-state index >= 15 is 0 Å². The van der Waals surface area contributed by atoms with Gasteiger partial charge in [-0.25, -0.2) is 4.79 Å². The third-order valence-corrected chi connectivity index (χ3v) is 3.99. The molecule has 0 aliphatic carbocycles. The van der Waals surface area contributed by atoms with Gasteiger partial charge in [-0.15, -0.1) is 0 Å². The summed E-state index contributed by atoms with van der Waals surface area (Å²) < 4.78 is 6.20. The van der Waals surface area contributed by atoms with Crippen LogP contribution in [0, 0.1) is 6.92 Å². The highest BCUT2D eigenvalue weighted by atomic mass is 79.9. The summed E-state index contributed by atoms with van der Waals surface area (Å²) >= 11 is 3.47. The maximum Gasteiger partial charge on any atom is 0.327 e. The predicted molar refractivity (Wildman–Crippen MR) is 81.1 cm³/mol. The average molecular weight is 328 g/mol. The van der Waals surface area contributed by atoms with Crippen molar-refractivity contribution in [2.45, 2.75) is 46.2 Å². The molecule has 2 atom stereocenters. The molecule has 1 N–H and O–H groups in total. The fourth-order valence-electron chi connectivity index (χ4n) is 1.78. The number of hydrogen-bond donors (Lipinski definition) is 1. The van der Waals surface area contributed by atoms with Gasteiger partial charge in [-0.3, -0.25) is 5.32 Å². The number of aryl methyl sites for hydroxylation is 1. The minimum absolute atomic E-state index is 0.218. The van der Waals surface area contributed by atoms with Crippen LogP contribution in [0.25, 0.3) is 0 Å². The Hall–Kier alpha value is -0.870. The number of nitrogens with one attached hydrogen (secondary N) is 1. The summed E-state index contributed by atoms with van der Waals surface area (Å²) in [5.74, 6) is -0.218. The Kier molecular flexibility index (Phi) is 6.52. The molecule has 106 valence electrons. The fourth-order valence-corrected chi connectivity index (χ4v) is 2.02. The number of carbonyl (C=O) groups excluding carboxylic acids is 1. The lowest BCUT2D eigenvalue weighted by Crippen LogP contribution is -2.36. The average Bonchev–Trinajstić information content (AvgIpc) is 2.39. The van der Waals surface area contributed by atoms with Gasteiger partial charge in [-0.05, 0) is 44.4 Å². The Labute approximate surface area is 123 Å². The smallest absolute Gasteiger partial charge is 0.327 e. The number of halogens is 1. The number of hydrogen-bond acceptors (Lipinski definition) is 3. The van der Waals surface area contributed by atoms with E-state index in [0.29, 0.717) is 6.61 Å². The van der Waals surface area contributed by atoms with Gasteiger partial charge in [0.15, 0.2) is 0 Å². The molecule has 1 aromatic rings. The normalized spacial score (nSPS) is 13.9. The molecule has 0 aliphatic heterocycles. The topological polar surface area (TPSA) is 38.3 Å². The second-order valence-electron chi connectivity index (χ2n) is 4.67. The largest absolute Gasteiger partial charge is 0.465 e. The molecule has 3 nitrogen and oxygen atoms in total. The monoisotopic (exact) mass is 327 g/mol.